The summed E-state index contributed by atoms with van der Waals surface area (Å²) in [5.41, 5.74) is 0.945. The molecule has 7 nitrogen and oxygen atoms in total. The lowest BCUT2D eigenvalue weighted by Crippen LogP contribution is -2.36. The maximum atomic E-state index is 11.6. The minimum atomic E-state index is -0.797. The number of amides is 2. The second-order valence-corrected chi connectivity index (χ2v) is 4.45. The first kappa shape index (κ1) is 14.6. The second kappa shape index (κ2) is 6.56. The molecule has 0 saturated heterocycles. The van der Waals surface area contributed by atoms with E-state index in [-0.39, 0.29) is 11.6 Å². The van der Waals surface area contributed by atoms with Crippen molar-refractivity contribution in [1.29, 1.82) is 0 Å². The van der Waals surface area contributed by atoms with Gasteiger partial charge in [-0.2, -0.15) is 0 Å². The van der Waals surface area contributed by atoms with Crippen LogP contribution >= 0.6 is 0 Å². The predicted molar refractivity (Wildman–Crippen MR) is 74.7 cm³/mol. The standard InChI is InChI=1S/C14H15N3O4/c1-9-8-12(17-21-9)16-14(20)13(19)15-7-6-10-2-4-11(18)5-3-10/h2-5,8,18H,6-7H2,1H3,(H,15,19)(H,16,17,20). The number of hydrogen-bond donors (Lipinski definition) is 3. The molecule has 21 heavy (non-hydrogen) atoms. The lowest BCUT2D eigenvalue weighted by molar-refractivity contribution is -0.136. The number of carbonyl (C=O) groups is 2. The average molecular weight is 289 g/mol. The van der Waals surface area contributed by atoms with E-state index in [9.17, 15) is 9.59 Å². The molecule has 0 aliphatic carbocycles. The van der Waals surface area contributed by atoms with Crippen molar-refractivity contribution in [1.82, 2.24) is 10.5 Å². The lowest BCUT2D eigenvalue weighted by Gasteiger charge is -2.05. The van der Waals surface area contributed by atoms with Crippen molar-refractivity contribution >= 4 is 17.6 Å². The molecule has 0 aliphatic rings. The van der Waals surface area contributed by atoms with E-state index in [1.54, 1.807) is 31.2 Å². The van der Waals surface area contributed by atoms with Crippen molar-refractivity contribution in [2.45, 2.75) is 13.3 Å². The molecule has 2 amide bonds. The zero-order valence-electron chi connectivity index (χ0n) is 11.4. The molecule has 3 N–H and O–H groups in total. The Morgan fingerprint density at radius 3 is 2.57 bits per heavy atom. The minimum absolute atomic E-state index is 0.185. The summed E-state index contributed by atoms with van der Waals surface area (Å²) in [7, 11) is 0. The highest BCUT2D eigenvalue weighted by atomic mass is 16.5. The Morgan fingerprint density at radius 1 is 1.24 bits per heavy atom. The van der Waals surface area contributed by atoms with E-state index in [4.69, 9.17) is 9.63 Å². The molecule has 0 aliphatic heterocycles. The largest absolute Gasteiger partial charge is 0.508 e. The van der Waals surface area contributed by atoms with Gasteiger partial charge in [0.25, 0.3) is 0 Å². The zero-order chi connectivity index (χ0) is 15.2. The van der Waals surface area contributed by atoms with Crippen molar-refractivity contribution < 1.29 is 19.2 Å². The van der Waals surface area contributed by atoms with Gasteiger partial charge in [0, 0.05) is 12.6 Å². The summed E-state index contributed by atoms with van der Waals surface area (Å²) in [5, 5.41) is 17.5. The Bertz CT molecular complexity index is 634. The molecule has 0 radical (unpaired) electrons. The summed E-state index contributed by atoms with van der Waals surface area (Å²) < 4.78 is 4.78. The van der Waals surface area contributed by atoms with Gasteiger partial charge >= 0.3 is 11.8 Å². The molecule has 1 aromatic heterocycles. The number of phenols is 1. The fraction of sp³-hybridized carbons (Fsp3) is 0.214. The number of aromatic nitrogens is 1. The van der Waals surface area contributed by atoms with Gasteiger partial charge in [-0.25, -0.2) is 0 Å². The van der Waals surface area contributed by atoms with Crippen LogP contribution in [-0.4, -0.2) is 28.6 Å². The van der Waals surface area contributed by atoms with Gasteiger partial charge in [0.1, 0.15) is 11.5 Å². The summed E-state index contributed by atoms with van der Waals surface area (Å²) in [6.07, 6.45) is 0.558. The molecule has 0 bridgehead atoms. The molecular weight excluding hydrogens is 274 g/mol. The Labute approximate surface area is 120 Å². The van der Waals surface area contributed by atoms with Gasteiger partial charge < -0.3 is 14.9 Å². The normalized spacial score (nSPS) is 10.1. The number of nitrogens with zero attached hydrogens (tertiary/aromatic N) is 1. The fourth-order valence-electron chi connectivity index (χ4n) is 1.66. The molecule has 0 fully saturated rings. The number of anilines is 1. The molecule has 110 valence electrons. The minimum Gasteiger partial charge on any atom is -0.508 e. The number of aryl methyl sites for hydroxylation is 1. The molecule has 1 aromatic carbocycles. The van der Waals surface area contributed by atoms with Gasteiger partial charge in [0.05, 0.1) is 0 Å². The van der Waals surface area contributed by atoms with E-state index in [0.29, 0.717) is 18.7 Å². The first-order valence-electron chi connectivity index (χ1n) is 6.35. The Morgan fingerprint density at radius 2 is 1.95 bits per heavy atom. The number of benzene rings is 1. The van der Waals surface area contributed by atoms with E-state index in [1.165, 1.54) is 6.07 Å². The molecule has 0 spiro atoms. The topological polar surface area (TPSA) is 104 Å². The maximum Gasteiger partial charge on any atom is 0.314 e. The quantitative estimate of drug-likeness (QED) is 0.728. The molecule has 1 heterocycles. The Balaban J connectivity index is 1.76. The molecule has 0 saturated carbocycles. The number of aromatic hydroxyl groups is 1. The van der Waals surface area contributed by atoms with Crippen LogP contribution in [0.3, 0.4) is 0 Å². The second-order valence-electron chi connectivity index (χ2n) is 4.45. The number of hydrogen-bond acceptors (Lipinski definition) is 5. The van der Waals surface area contributed by atoms with Crippen LogP contribution in [0.4, 0.5) is 5.82 Å². The van der Waals surface area contributed by atoms with Gasteiger partial charge in [0.15, 0.2) is 5.82 Å². The number of nitrogens with one attached hydrogen (secondary N) is 2. The smallest absolute Gasteiger partial charge is 0.314 e. The molecule has 2 aromatic rings. The van der Waals surface area contributed by atoms with Crippen LogP contribution in [0.1, 0.15) is 11.3 Å². The first-order chi connectivity index (χ1) is 10.0. The van der Waals surface area contributed by atoms with Crippen LogP contribution in [-0.2, 0) is 16.0 Å². The fourth-order valence-corrected chi connectivity index (χ4v) is 1.66. The maximum absolute atomic E-state index is 11.6. The van der Waals surface area contributed by atoms with Gasteiger partial charge in [-0.1, -0.05) is 17.3 Å². The lowest BCUT2D eigenvalue weighted by atomic mass is 10.1. The van der Waals surface area contributed by atoms with Crippen molar-refractivity contribution in [3.05, 3.63) is 41.7 Å². The Kier molecular flexibility index (Phi) is 4.55. The highest BCUT2D eigenvalue weighted by Gasteiger charge is 2.14. The SMILES string of the molecule is Cc1cc(NC(=O)C(=O)NCCc2ccc(O)cc2)no1. The van der Waals surface area contributed by atoms with Crippen molar-refractivity contribution in [3.63, 3.8) is 0 Å². The number of carbonyl (C=O) groups excluding carboxylic acids is 2. The van der Waals surface area contributed by atoms with Crippen molar-refractivity contribution in [3.8, 4) is 5.75 Å². The van der Waals surface area contributed by atoms with E-state index < -0.39 is 11.8 Å². The van der Waals surface area contributed by atoms with Crippen LogP contribution < -0.4 is 10.6 Å². The van der Waals surface area contributed by atoms with Crippen LogP contribution in [0.25, 0.3) is 0 Å². The molecule has 0 unspecified atom stereocenters. The van der Waals surface area contributed by atoms with Crippen LogP contribution in [0, 0.1) is 6.92 Å². The van der Waals surface area contributed by atoms with Gasteiger partial charge in [-0.15, -0.1) is 0 Å². The summed E-state index contributed by atoms with van der Waals surface area (Å²) in [6.45, 7) is 2.00. The molecule has 2 rings (SSSR count). The van der Waals surface area contributed by atoms with E-state index >= 15 is 0 Å². The Hall–Kier alpha value is -2.83. The van der Waals surface area contributed by atoms with E-state index in [0.717, 1.165) is 5.56 Å². The van der Waals surface area contributed by atoms with Crippen LogP contribution in [0.15, 0.2) is 34.9 Å². The number of phenolic OH excluding ortho intramolecular Hbond substituents is 1. The van der Waals surface area contributed by atoms with Gasteiger partial charge in [0.2, 0.25) is 0 Å². The third-order valence-electron chi connectivity index (χ3n) is 2.71. The van der Waals surface area contributed by atoms with Crippen LogP contribution in [0.5, 0.6) is 5.75 Å². The average Bonchev–Trinajstić information content (AvgIpc) is 2.86. The number of rotatable bonds is 4. The van der Waals surface area contributed by atoms with Crippen molar-refractivity contribution in [2.24, 2.45) is 0 Å². The van der Waals surface area contributed by atoms with Crippen molar-refractivity contribution in [2.75, 3.05) is 11.9 Å². The third-order valence-corrected chi connectivity index (χ3v) is 2.71. The highest BCUT2D eigenvalue weighted by molar-refractivity contribution is 6.39. The van der Waals surface area contributed by atoms with Gasteiger partial charge in [-0.3, -0.25) is 14.9 Å². The predicted octanol–water partition coefficient (Wildman–Crippen LogP) is 0.986. The summed E-state index contributed by atoms with van der Waals surface area (Å²) >= 11 is 0. The molecule has 0 atom stereocenters. The van der Waals surface area contributed by atoms with Gasteiger partial charge in [-0.05, 0) is 31.0 Å². The first-order valence-corrected chi connectivity index (χ1v) is 6.35. The molecular formula is C14H15N3O4. The molecule has 7 heteroatoms. The summed E-state index contributed by atoms with van der Waals surface area (Å²) in [5.74, 6) is -0.613. The van der Waals surface area contributed by atoms with E-state index in [1.807, 2.05) is 0 Å². The monoisotopic (exact) mass is 289 g/mol. The third kappa shape index (κ3) is 4.34. The zero-order valence-corrected chi connectivity index (χ0v) is 11.4. The van der Waals surface area contributed by atoms with Crippen LogP contribution in [0.2, 0.25) is 0 Å². The highest BCUT2D eigenvalue weighted by Crippen LogP contribution is 2.09. The summed E-state index contributed by atoms with van der Waals surface area (Å²) in [4.78, 5) is 23.1. The summed E-state index contributed by atoms with van der Waals surface area (Å²) in [6, 6.07) is 8.15. The van der Waals surface area contributed by atoms with E-state index in [2.05, 4.69) is 15.8 Å².